The minimum atomic E-state index is -0.289. The SMILES string of the molecule is CC(C)OC(C)(C)CC#N.CC(C)OC(C)C.CC(C)OC(C)C.CC(C)OC(C)C.CC(C)OC(C)C.CC(C)OC(C)C.CC(C)OC(C)C.CC(C)OC(C)C.CC(C)OC(C)C.CC(C)OC(C)C. The second-order valence-electron chi connectivity index (χ2n) is 23.4. The lowest BCUT2D eigenvalue weighted by Gasteiger charge is -2.24. The molecule has 0 N–H and O–H groups in total. The summed E-state index contributed by atoms with van der Waals surface area (Å²) in [5.41, 5.74) is -0.289. The Morgan fingerprint density at radius 1 is 0.219 bits per heavy atom. The molecular weight excluding hydrogens is 919 g/mol. The number of ether oxygens (including phenoxy) is 10. The molecule has 0 aromatic carbocycles. The van der Waals surface area contributed by atoms with Crippen molar-refractivity contribution in [3.05, 3.63) is 0 Å². The Morgan fingerprint density at radius 2 is 0.315 bits per heavy atom. The van der Waals surface area contributed by atoms with Crippen molar-refractivity contribution in [1.29, 1.82) is 5.26 Å². The van der Waals surface area contributed by atoms with Crippen LogP contribution in [-0.4, -0.2) is 122 Å². The third-order valence-electron chi connectivity index (χ3n) is 5.96. The van der Waals surface area contributed by atoms with E-state index in [1.54, 1.807) is 0 Å². The average molecular weight is 1060 g/mol. The summed E-state index contributed by atoms with van der Waals surface area (Å²) < 4.78 is 52.7. The summed E-state index contributed by atoms with van der Waals surface area (Å²) in [6, 6.07) is 2.09. The Balaban J connectivity index is -0.0000000757. The third-order valence-corrected chi connectivity index (χ3v) is 5.96. The van der Waals surface area contributed by atoms with E-state index in [0.29, 0.717) is 116 Å². The zero-order valence-electron chi connectivity index (χ0n) is 57.2. The maximum atomic E-state index is 8.38. The molecule has 0 aliphatic carbocycles. The van der Waals surface area contributed by atoms with Crippen LogP contribution in [0.1, 0.15) is 283 Å². The Kier molecular flexibility index (Phi) is 82.4. The van der Waals surface area contributed by atoms with Gasteiger partial charge >= 0.3 is 0 Å². The summed E-state index contributed by atoms with van der Waals surface area (Å²) in [5, 5.41) is 8.38. The van der Waals surface area contributed by atoms with Gasteiger partial charge in [0.05, 0.1) is 134 Å². The van der Waals surface area contributed by atoms with Gasteiger partial charge in [0.2, 0.25) is 0 Å². The predicted molar refractivity (Wildman–Crippen MR) is 323 cm³/mol. The highest BCUT2D eigenvalue weighted by molar-refractivity contribution is 4.83. The second-order valence-corrected chi connectivity index (χ2v) is 23.4. The van der Waals surface area contributed by atoms with Gasteiger partial charge in [-0.1, -0.05) is 0 Å². The third kappa shape index (κ3) is 175. The van der Waals surface area contributed by atoms with E-state index in [0.717, 1.165) is 0 Å². The lowest BCUT2D eigenvalue weighted by molar-refractivity contribution is -0.0520. The number of rotatable bonds is 21. The largest absolute Gasteiger partial charge is 0.376 e. The van der Waals surface area contributed by atoms with Gasteiger partial charge in [0.1, 0.15) is 0 Å². The molecule has 0 amide bonds. The van der Waals surface area contributed by atoms with Crippen molar-refractivity contribution < 1.29 is 47.4 Å². The molecule has 0 heterocycles. The normalized spacial score (nSPS) is 11.2. The van der Waals surface area contributed by atoms with Crippen molar-refractivity contribution in [2.75, 3.05) is 0 Å². The van der Waals surface area contributed by atoms with Gasteiger partial charge in [-0.3, -0.25) is 0 Å². The molecule has 454 valence electrons. The smallest absolute Gasteiger partial charge is 0.0759 e. The van der Waals surface area contributed by atoms with Crippen LogP contribution in [0.5, 0.6) is 0 Å². The molecular formula is C62H141NO10. The Labute approximate surface area is 462 Å². The highest BCUT2D eigenvalue weighted by Gasteiger charge is 2.18. The van der Waals surface area contributed by atoms with E-state index < -0.39 is 0 Å². The van der Waals surface area contributed by atoms with Gasteiger partial charge < -0.3 is 47.4 Å². The summed E-state index contributed by atoms with van der Waals surface area (Å²) in [5.74, 6) is 0. The number of hydrogen-bond acceptors (Lipinski definition) is 11. The quantitative estimate of drug-likeness (QED) is 0.109. The lowest BCUT2D eigenvalue weighted by atomic mass is 10.1. The first kappa shape index (κ1) is 94.5. The van der Waals surface area contributed by atoms with Crippen LogP contribution in [0.4, 0.5) is 0 Å². The van der Waals surface area contributed by atoms with E-state index in [4.69, 9.17) is 52.6 Å². The molecule has 0 radical (unpaired) electrons. The van der Waals surface area contributed by atoms with Crippen LogP contribution in [0.2, 0.25) is 0 Å². The summed E-state index contributed by atoms with van der Waals surface area (Å²) in [6.07, 6.45) is 7.40. The fourth-order valence-corrected chi connectivity index (χ4v) is 5.77. The Hall–Kier alpha value is -0.910. The minimum Gasteiger partial charge on any atom is -0.376 e. The molecule has 0 saturated carbocycles. The van der Waals surface area contributed by atoms with E-state index in [9.17, 15) is 0 Å². The first-order chi connectivity index (χ1) is 32.6. The number of nitrogens with zero attached hydrogens (tertiary/aromatic N) is 1. The van der Waals surface area contributed by atoms with E-state index in [1.807, 2.05) is 277 Å². The first-order valence-corrected chi connectivity index (χ1v) is 28.6. The van der Waals surface area contributed by atoms with E-state index in [2.05, 4.69) is 6.07 Å². The Morgan fingerprint density at radius 3 is 0.356 bits per heavy atom. The van der Waals surface area contributed by atoms with Gasteiger partial charge in [-0.05, 0) is 277 Å². The molecule has 11 nitrogen and oxygen atoms in total. The summed E-state index contributed by atoms with van der Waals surface area (Å²) in [4.78, 5) is 0. The second kappa shape index (κ2) is 63.6. The molecule has 11 heteroatoms. The van der Waals surface area contributed by atoms with Crippen molar-refractivity contribution >= 4 is 0 Å². The average Bonchev–Trinajstić information content (AvgIpc) is 3.04. The molecule has 0 aromatic heterocycles. The highest BCUT2D eigenvalue weighted by Crippen LogP contribution is 2.15. The fourth-order valence-electron chi connectivity index (χ4n) is 5.77. The highest BCUT2D eigenvalue weighted by atomic mass is 16.5. The van der Waals surface area contributed by atoms with Crippen molar-refractivity contribution in [2.24, 2.45) is 0 Å². The molecule has 0 aromatic rings. The van der Waals surface area contributed by atoms with Crippen LogP contribution in [0.15, 0.2) is 0 Å². The lowest BCUT2D eigenvalue weighted by Crippen LogP contribution is -2.27. The first-order valence-electron chi connectivity index (χ1n) is 28.6. The summed E-state index contributed by atoms with van der Waals surface area (Å²) >= 11 is 0. The van der Waals surface area contributed by atoms with Crippen molar-refractivity contribution in [3.63, 3.8) is 0 Å². The molecule has 0 spiro atoms. The van der Waals surface area contributed by atoms with Crippen molar-refractivity contribution in [1.82, 2.24) is 0 Å². The van der Waals surface area contributed by atoms with Crippen LogP contribution in [0.25, 0.3) is 0 Å². The van der Waals surface area contributed by atoms with Crippen molar-refractivity contribution in [2.45, 2.75) is 405 Å². The maximum Gasteiger partial charge on any atom is 0.0759 e. The summed E-state index contributed by atoms with van der Waals surface area (Å²) in [7, 11) is 0. The van der Waals surface area contributed by atoms with Gasteiger partial charge in [-0.15, -0.1) is 0 Å². The van der Waals surface area contributed by atoms with Crippen LogP contribution >= 0.6 is 0 Å². The number of nitriles is 1. The van der Waals surface area contributed by atoms with E-state index >= 15 is 0 Å². The monoisotopic (exact) mass is 1060 g/mol. The molecule has 0 aliphatic rings. The molecule has 0 aliphatic heterocycles. The van der Waals surface area contributed by atoms with E-state index in [-0.39, 0.29) is 11.7 Å². The molecule has 0 unspecified atom stereocenters. The molecule has 0 fully saturated rings. The van der Waals surface area contributed by atoms with Crippen LogP contribution < -0.4 is 0 Å². The topological polar surface area (TPSA) is 116 Å². The van der Waals surface area contributed by atoms with Crippen LogP contribution in [-0.2, 0) is 47.4 Å². The molecule has 0 atom stereocenters. The fraction of sp³-hybridized carbons (Fsp3) is 0.984. The maximum absolute atomic E-state index is 8.38. The zero-order valence-corrected chi connectivity index (χ0v) is 57.2. The van der Waals surface area contributed by atoms with Crippen LogP contribution in [0, 0.1) is 11.3 Å². The van der Waals surface area contributed by atoms with Gasteiger partial charge in [0.25, 0.3) is 0 Å². The predicted octanol–water partition coefficient (Wildman–Crippen LogP) is 18.5. The molecule has 0 rings (SSSR count). The van der Waals surface area contributed by atoms with Crippen LogP contribution in [0.3, 0.4) is 0 Å². The molecule has 0 bridgehead atoms. The standard InChI is InChI=1S/C8H15NO.9C6H14O/c1-7(2)10-8(3,4)5-6-9;9*1-5(2)7-6(3)4/h7H,5H2,1-4H3;9*5-6H,1-4H3. The van der Waals surface area contributed by atoms with Gasteiger partial charge in [0, 0.05) is 0 Å². The van der Waals surface area contributed by atoms with Gasteiger partial charge in [-0.25, -0.2) is 0 Å². The van der Waals surface area contributed by atoms with E-state index in [1.165, 1.54) is 0 Å². The summed E-state index contributed by atoms with van der Waals surface area (Å²) in [6.45, 7) is 81.3. The molecule has 73 heavy (non-hydrogen) atoms. The Bertz CT molecular complexity index is 756. The zero-order chi connectivity index (χ0) is 61.0. The minimum absolute atomic E-state index is 0.198. The molecule has 0 saturated heterocycles. The van der Waals surface area contributed by atoms with Crippen molar-refractivity contribution in [3.8, 4) is 6.07 Å². The van der Waals surface area contributed by atoms with Gasteiger partial charge in [0.15, 0.2) is 0 Å². The van der Waals surface area contributed by atoms with Gasteiger partial charge in [-0.2, -0.15) is 5.26 Å². The number of hydrogen-bond donors (Lipinski definition) is 0.